The molecule has 5 heteroatoms. The van der Waals surface area contributed by atoms with Crippen molar-refractivity contribution in [3.63, 3.8) is 0 Å². The van der Waals surface area contributed by atoms with Crippen LogP contribution in [0.5, 0.6) is 0 Å². The van der Waals surface area contributed by atoms with Crippen molar-refractivity contribution in [2.45, 2.75) is 19.0 Å². The van der Waals surface area contributed by atoms with E-state index in [1.807, 2.05) is 0 Å². The van der Waals surface area contributed by atoms with Crippen LogP contribution in [0.4, 0.5) is 0 Å². The Balaban J connectivity index is 0.00000181. The molecule has 0 N–H and O–H groups in total. The topological polar surface area (TPSA) is 0 Å². The Morgan fingerprint density at radius 3 is 1.15 bits per heavy atom. The molecule has 0 fully saturated rings. The van der Waals surface area contributed by atoms with Crippen molar-refractivity contribution in [2.24, 2.45) is 0 Å². The van der Waals surface area contributed by atoms with Gasteiger partial charge in [-0.2, -0.15) is 0 Å². The molecule has 0 aliphatic heterocycles. The first-order chi connectivity index (χ1) is 14.8. The molecule has 0 amide bonds. The van der Waals surface area contributed by atoms with E-state index in [1.165, 1.54) is 33.8 Å². The van der Waals surface area contributed by atoms with Crippen molar-refractivity contribution in [1.29, 1.82) is 0 Å². The number of hydrogen-bond donors (Lipinski definition) is 0. The van der Waals surface area contributed by atoms with Gasteiger partial charge in [-0.05, 0) is 55.3 Å². The number of halogens is 2. The summed E-state index contributed by atoms with van der Waals surface area (Å²) < 4.78 is 0. The zero-order chi connectivity index (χ0) is 20.6. The van der Waals surface area contributed by atoms with Crippen LogP contribution in [0.1, 0.15) is 13.3 Å². The summed E-state index contributed by atoms with van der Waals surface area (Å²) in [6.07, 6.45) is 2.45. The number of hydrogen-bond acceptors (Lipinski definition) is 0. The molecule has 0 heterocycles. The molecule has 174 valence electrons. The summed E-state index contributed by atoms with van der Waals surface area (Å²) in [4.78, 5) is 0. The van der Waals surface area contributed by atoms with Crippen molar-refractivity contribution in [1.82, 2.24) is 0 Å². The van der Waals surface area contributed by atoms with Gasteiger partial charge in [0.25, 0.3) is 0 Å². The minimum absolute atomic E-state index is 0. The van der Waals surface area contributed by atoms with Crippen molar-refractivity contribution < 1.29 is 41.3 Å². The van der Waals surface area contributed by atoms with E-state index < -0.39 is 0 Å². The molecule has 0 spiro atoms. The fraction of sp³-hybridized carbons (Fsp3) is 0.143. The van der Waals surface area contributed by atoms with Gasteiger partial charge in [-0.1, -0.05) is 128 Å². The van der Waals surface area contributed by atoms with Crippen LogP contribution in [0.3, 0.4) is 0 Å². The van der Waals surface area contributed by atoms with Gasteiger partial charge < -0.3 is 24.8 Å². The van der Waals surface area contributed by atoms with Crippen LogP contribution < -0.4 is 46.0 Å². The van der Waals surface area contributed by atoms with Crippen LogP contribution in [0.15, 0.2) is 121 Å². The van der Waals surface area contributed by atoms with E-state index in [4.69, 9.17) is 0 Å². The Hall–Kier alpha value is -1.19. The fourth-order valence-electron chi connectivity index (χ4n) is 3.90. The first-order valence-electron chi connectivity index (χ1n) is 10.6. The molecule has 0 nitrogen and oxygen atoms in total. The van der Waals surface area contributed by atoms with Gasteiger partial charge in [0.15, 0.2) is 0 Å². The summed E-state index contributed by atoms with van der Waals surface area (Å²) in [7, 11) is -0.706. The minimum Gasteiger partial charge on any atom is -1.00 e. The van der Waals surface area contributed by atoms with Crippen molar-refractivity contribution in [2.75, 3.05) is 6.16 Å². The van der Waals surface area contributed by atoms with Crippen LogP contribution in [-0.4, -0.2) is 11.8 Å². The van der Waals surface area contributed by atoms with E-state index in [9.17, 15) is 0 Å². The van der Waals surface area contributed by atoms with E-state index in [0.717, 1.165) is 0 Å². The van der Waals surface area contributed by atoms with Gasteiger partial charge in [0.2, 0.25) is 0 Å². The van der Waals surface area contributed by atoms with E-state index in [2.05, 4.69) is 128 Å². The predicted molar refractivity (Wildman–Crippen MR) is 137 cm³/mol. The SMILES string of the molecule is CC(CCP(c1ccccc1)c1ccccc1)P(c1ccccc1)c1ccccc1.[Cl-].[Cl-].[Ni+2]. The van der Waals surface area contributed by atoms with Crippen molar-refractivity contribution in [3.8, 4) is 0 Å². The second-order valence-electron chi connectivity index (χ2n) is 7.50. The quantitative estimate of drug-likeness (QED) is 0.213. The van der Waals surface area contributed by atoms with Crippen LogP contribution in [0.25, 0.3) is 0 Å². The zero-order valence-electron chi connectivity index (χ0n) is 18.5. The molecule has 0 bridgehead atoms. The minimum atomic E-state index is -0.370. The molecule has 0 saturated heterocycles. The Morgan fingerprint density at radius 1 is 0.515 bits per heavy atom. The Bertz CT molecular complexity index is 940. The van der Waals surface area contributed by atoms with E-state index in [0.29, 0.717) is 5.66 Å². The maximum Gasteiger partial charge on any atom is 2.00 e. The summed E-state index contributed by atoms with van der Waals surface area (Å²) in [5.74, 6) is 0. The molecule has 1 atom stereocenters. The van der Waals surface area contributed by atoms with Crippen LogP contribution in [0, 0.1) is 0 Å². The number of benzene rings is 4. The predicted octanol–water partition coefficient (Wildman–Crippen LogP) is 0.0363. The molecule has 4 aromatic carbocycles. The van der Waals surface area contributed by atoms with Gasteiger partial charge in [0.05, 0.1) is 0 Å². The molecule has 0 aliphatic carbocycles. The van der Waals surface area contributed by atoms with E-state index in [1.54, 1.807) is 0 Å². The third kappa shape index (κ3) is 8.21. The van der Waals surface area contributed by atoms with E-state index >= 15 is 0 Å². The average Bonchev–Trinajstić information content (AvgIpc) is 2.82. The summed E-state index contributed by atoms with van der Waals surface area (Å²) in [5, 5.41) is 5.93. The fourth-order valence-corrected chi connectivity index (χ4v) is 9.32. The third-order valence-electron chi connectivity index (χ3n) is 5.42. The Kier molecular flexibility index (Phi) is 14.2. The summed E-state index contributed by atoms with van der Waals surface area (Å²) >= 11 is 0. The molecular formula is C28H28Cl2NiP2. The van der Waals surface area contributed by atoms with Gasteiger partial charge in [0.1, 0.15) is 0 Å². The molecular weight excluding hydrogens is 528 g/mol. The van der Waals surface area contributed by atoms with Crippen LogP contribution >= 0.6 is 15.8 Å². The number of rotatable bonds is 8. The molecule has 0 radical (unpaired) electrons. The maximum absolute atomic E-state index is 2.45. The first-order valence-corrected chi connectivity index (χ1v) is 13.5. The standard InChI is InChI=1S/C28H28P2.2ClH.Ni/c1-24(30(27-18-10-4-11-19-27)28-20-12-5-13-21-28)22-23-29(25-14-6-2-7-15-25)26-16-8-3-9-17-26;;;/h2-21,24H,22-23H2,1H3;2*1H;/q;;;+2/p-2. The Morgan fingerprint density at radius 2 is 0.818 bits per heavy atom. The first kappa shape index (κ1) is 29.8. The van der Waals surface area contributed by atoms with Gasteiger partial charge in [-0.25, -0.2) is 0 Å². The second kappa shape index (κ2) is 15.7. The van der Waals surface area contributed by atoms with Gasteiger partial charge in [0, 0.05) is 0 Å². The molecule has 1 unspecified atom stereocenters. The maximum atomic E-state index is 2.45. The van der Waals surface area contributed by atoms with Gasteiger partial charge in [-0.3, -0.25) is 0 Å². The zero-order valence-corrected chi connectivity index (χ0v) is 22.8. The largest absolute Gasteiger partial charge is 2.00 e. The van der Waals surface area contributed by atoms with Crippen molar-refractivity contribution in [3.05, 3.63) is 121 Å². The van der Waals surface area contributed by atoms with Gasteiger partial charge >= 0.3 is 16.5 Å². The summed E-state index contributed by atoms with van der Waals surface area (Å²) in [6, 6.07) is 44.4. The molecule has 0 aliphatic rings. The average molecular weight is 556 g/mol. The smallest absolute Gasteiger partial charge is 1.00 e. The Labute approximate surface area is 223 Å². The molecule has 0 aromatic heterocycles. The normalized spacial score (nSPS) is 11.1. The van der Waals surface area contributed by atoms with Crippen LogP contribution in [0.2, 0.25) is 0 Å². The molecule has 4 aromatic rings. The third-order valence-corrected chi connectivity index (χ3v) is 10.8. The summed E-state index contributed by atoms with van der Waals surface area (Å²) in [5.41, 5.74) is 0.627. The molecule has 33 heavy (non-hydrogen) atoms. The van der Waals surface area contributed by atoms with Crippen LogP contribution in [-0.2, 0) is 16.5 Å². The second-order valence-corrected chi connectivity index (χ2v) is 12.5. The van der Waals surface area contributed by atoms with Crippen molar-refractivity contribution >= 4 is 37.1 Å². The monoisotopic (exact) mass is 554 g/mol. The summed E-state index contributed by atoms with van der Waals surface area (Å²) in [6.45, 7) is 2.45. The molecule has 0 saturated carbocycles. The van der Waals surface area contributed by atoms with Gasteiger partial charge in [-0.15, -0.1) is 0 Å². The van der Waals surface area contributed by atoms with E-state index in [-0.39, 0.29) is 57.1 Å². The molecule has 4 rings (SSSR count).